The van der Waals surface area contributed by atoms with Gasteiger partial charge in [-0.2, -0.15) is 0 Å². The van der Waals surface area contributed by atoms with Crippen molar-refractivity contribution in [1.82, 2.24) is 14.8 Å². The Morgan fingerprint density at radius 2 is 1.77 bits per heavy atom. The number of benzene rings is 1. The van der Waals surface area contributed by atoms with E-state index in [4.69, 9.17) is 14.9 Å². The van der Waals surface area contributed by atoms with Gasteiger partial charge in [-0.3, -0.25) is 4.99 Å². The van der Waals surface area contributed by atoms with Crippen LogP contribution in [0.4, 0.5) is 4.79 Å². The molecule has 3 rings (SSSR count). The third kappa shape index (κ3) is 7.41. The second-order valence-corrected chi connectivity index (χ2v) is 8.45. The van der Waals surface area contributed by atoms with Gasteiger partial charge in [-0.1, -0.05) is 17.7 Å². The fourth-order valence-electron chi connectivity index (χ4n) is 3.08. The summed E-state index contributed by atoms with van der Waals surface area (Å²) >= 11 is 0. The largest absolute Gasteiger partial charge is 0.444 e. The average molecular weight is 541 g/mol. The van der Waals surface area contributed by atoms with Crippen molar-refractivity contribution in [3.05, 3.63) is 41.8 Å². The van der Waals surface area contributed by atoms with Gasteiger partial charge in [-0.05, 0) is 39.8 Å². The SMILES string of the molecule is Cc1ccc(-c2nc(CCN=C(N)N3CCN(C(=O)OC(C)(C)C)CC3)co2)cc1.I. The summed E-state index contributed by atoms with van der Waals surface area (Å²) in [6, 6.07) is 8.07. The highest BCUT2D eigenvalue weighted by Crippen LogP contribution is 2.19. The number of hydrogen-bond acceptors (Lipinski definition) is 5. The van der Waals surface area contributed by atoms with Crippen LogP contribution in [0.2, 0.25) is 0 Å². The van der Waals surface area contributed by atoms with E-state index < -0.39 is 5.60 Å². The van der Waals surface area contributed by atoms with Crippen LogP contribution in [-0.2, 0) is 11.2 Å². The van der Waals surface area contributed by atoms with Crippen molar-refractivity contribution in [2.24, 2.45) is 10.7 Å². The molecule has 1 amide bonds. The number of guanidine groups is 1. The number of piperazine rings is 1. The highest BCUT2D eigenvalue weighted by Gasteiger charge is 2.26. The Morgan fingerprint density at radius 3 is 2.39 bits per heavy atom. The maximum atomic E-state index is 12.1. The maximum Gasteiger partial charge on any atom is 0.410 e. The van der Waals surface area contributed by atoms with Crippen molar-refractivity contribution < 1.29 is 13.9 Å². The van der Waals surface area contributed by atoms with Crippen LogP contribution in [0.3, 0.4) is 0 Å². The van der Waals surface area contributed by atoms with Crippen molar-refractivity contribution in [3.63, 3.8) is 0 Å². The number of nitrogens with two attached hydrogens (primary N) is 1. The van der Waals surface area contributed by atoms with Crippen molar-refractivity contribution in [1.29, 1.82) is 0 Å². The van der Waals surface area contributed by atoms with Gasteiger partial charge < -0.3 is 24.7 Å². The minimum Gasteiger partial charge on any atom is -0.444 e. The average Bonchev–Trinajstić information content (AvgIpc) is 3.16. The molecule has 0 atom stereocenters. The van der Waals surface area contributed by atoms with E-state index in [1.807, 2.05) is 56.9 Å². The number of hydrogen-bond donors (Lipinski definition) is 1. The van der Waals surface area contributed by atoms with Crippen molar-refractivity contribution in [2.45, 2.75) is 39.7 Å². The molecule has 0 aliphatic carbocycles. The zero-order valence-electron chi connectivity index (χ0n) is 18.6. The van der Waals surface area contributed by atoms with E-state index in [0.717, 1.165) is 11.3 Å². The number of aryl methyl sites for hydroxylation is 1. The van der Waals surface area contributed by atoms with Crippen molar-refractivity contribution in [2.75, 3.05) is 32.7 Å². The molecule has 1 aromatic carbocycles. The van der Waals surface area contributed by atoms with E-state index >= 15 is 0 Å². The van der Waals surface area contributed by atoms with Gasteiger partial charge in [0.25, 0.3) is 0 Å². The number of carbonyl (C=O) groups is 1. The molecule has 31 heavy (non-hydrogen) atoms. The van der Waals surface area contributed by atoms with Gasteiger partial charge in [-0.15, -0.1) is 24.0 Å². The lowest BCUT2D eigenvalue weighted by Crippen LogP contribution is -2.53. The fraction of sp³-hybridized carbons (Fsp3) is 0.500. The monoisotopic (exact) mass is 541 g/mol. The molecule has 0 saturated carbocycles. The first-order chi connectivity index (χ1) is 14.2. The zero-order valence-corrected chi connectivity index (χ0v) is 21.0. The van der Waals surface area contributed by atoms with Crippen LogP contribution in [0.1, 0.15) is 32.0 Å². The Kier molecular flexibility index (Phi) is 8.72. The molecular weight excluding hydrogens is 509 g/mol. The molecule has 2 aromatic rings. The molecule has 2 N–H and O–H groups in total. The molecule has 9 heteroatoms. The summed E-state index contributed by atoms with van der Waals surface area (Å²) in [5.74, 6) is 1.10. The first kappa shape index (κ1) is 25.0. The smallest absolute Gasteiger partial charge is 0.410 e. The fourth-order valence-corrected chi connectivity index (χ4v) is 3.08. The van der Waals surface area contributed by atoms with Gasteiger partial charge >= 0.3 is 6.09 Å². The predicted octanol–water partition coefficient (Wildman–Crippen LogP) is 3.68. The van der Waals surface area contributed by atoms with Crippen LogP contribution in [0.25, 0.3) is 11.5 Å². The molecule has 8 nitrogen and oxygen atoms in total. The van der Waals surface area contributed by atoms with Crippen LogP contribution >= 0.6 is 24.0 Å². The Balaban J connectivity index is 0.00000341. The summed E-state index contributed by atoms with van der Waals surface area (Å²) in [5, 5.41) is 0. The molecule has 0 unspecified atom stereocenters. The van der Waals surface area contributed by atoms with Crippen LogP contribution < -0.4 is 5.73 Å². The van der Waals surface area contributed by atoms with Gasteiger partial charge in [0.05, 0.1) is 5.69 Å². The molecule has 0 radical (unpaired) electrons. The number of oxazole rings is 1. The van der Waals surface area contributed by atoms with Gasteiger partial charge in [0.15, 0.2) is 5.96 Å². The minimum absolute atomic E-state index is 0. The van der Waals surface area contributed by atoms with Gasteiger partial charge in [-0.25, -0.2) is 9.78 Å². The van der Waals surface area contributed by atoms with Crippen LogP contribution in [0.15, 0.2) is 39.9 Å². The number of nitrogens with zero attached hydrogens (tertiary/aromatic N) is 4. The van der Waals surface area contributed by atoms with E-state index in [1.54, 1.807) is 11.2 Å². The van der Waals surface area contributed by atoms with Gasteiger partial charge in [0.1, 0.15) is 11.9 Å². The molecular formula is C22H32IN5O3. The Morgan fingerprint density at radius 1 is 1.16 bits per heavy atom. The molecule has 1 aliphatic heterocycles. The Hall–Kier alpha value is -2.30. The van der Waals surface area contributed by atoms with Crippen LogP contribution in [0.5, 0.6) is 0 Å². The van der Waals surface area contributed by atoms with Crippen molar-refractivity contribution >= 4 is 36.0 Å². The standard InChI is InChI=1S/C22H31N5O3.HI/c1-16-5-7-17(8-6-16)19-25-18(15-29-19)9-10-24-20(23)26-11-13-27(14-12-26)21(28)30-22(2,3)4;/h5-8,15H,9-14H2,1-4H3,(H2,23,24);1H. The number of ether oxygens (including phenoxy) is 1. The second-order valence-electron chi connectivity index (χ2n) is 8.45. The molecule has 2 heterocycles. The van der Waals surface area contributed by atoms with Crippen LogP contribution in [0, 0.1) is 6.92 Å². The third-order valence-corrected chi connectivity index (χ3v) is 4.75. The van der Waals surface area contributed by atoms with Crippen molar-refractivity contribution in [3.8, 4) is 11.5 Å². The number of carbonyl (C=O) groups excluding carboxylic acids is 1. The highest BCUT2D eigenvalue weighted by molar-refractivity contribution is 14.0. The van der Waals surface area contributed by atoms with E-state index in [1.165, 1.54) is 5.56 Å². The summed E-state index contributed by atoms with van der Waals surface area (Å²) in [5.41, 5.74) is 8.65. The summed E-state index contributed by atoms with van der Waals surface area (Å²) in [7, 11) is 0. The van der Waals surface area contributed by atoms with E-state index in [0.29, 0.717) is 51.0 Å². The molecule has 1 saturated heterocycles. The lowest BCUT2D eigenvalue weighted by atomic mass is 10.1. The molecule has 0 bridgehead atoms. The van der Waals surface area contributed by atoms with E-state index in [2.05, 4.69) is 9.98 Å². The molecule has 1 aliphatic rings. The number of aromatic nitrogens is 1. The molecule has 170 valence electrons. The van der Waals surface area contributed by atoms with Crippen LogP contribution in [-0.4, -0.2) is 65.2 Å². The molecule has 1 aromatic heterocycles. The van der Waals surface area contributed by atoms with E-state index in [-0.39, 0.29) is 30.1 Å². The summed E-state index contributed by atoms with van der Waals surface area (Å²) in [6.07, 6.45) is 2.03. The normalized spacial score (nSPS) is 14.9. The first-order valence-electron chi connectivity index (χ1n) is 10.3. The lowest BCUT2D eigenvalue weighted by molar-refractivity contribution is 0.0186. The number of rotatable bonds is 4. The van der Waals surface area contributed by atoms with Gasteiger partial charge in [0.2, 0.25) is 5.89 Å². The third-order valence-electron chi connectivity index (χ3n) is 4.75. The second kappa shape index (κ2) is 10.8. The summed E-state index contributed by atoms with van der Waals surface area (Å²) in [4.78, 5) is 24.8. The number of aliphatic imine (C=N–C) groups is 1. The minimum atomic E-state index is -0.491. The quantitative estimate of drug-likeness (QED) is 0.361. The predicted molar refractivity (Wildman–Crippen MR) is 132 cm³/mol. The Labute approximate surface area is 200 Å². The zero-order chi connectivity index (χ0) is 21.7. The number of halogens is 1. The van der Waals surface area contributed by atoms with Gasteiger partial charge in [0, 0.05) is 44.7 Å². The van der Waals surface area contributed by atoms with E-state index in [9.17, 15) is 4.79 Å². The molecule has 1 fully saturated rings. The lowest BCUT2D eigenvalue weighted by Gasteiger charge is -2.36. The topological polar surface area (TPSA) is 97.2 Å². The number of amides is 1. The first-order valence-corrected chi connectivity index (χ1v) is 10.3. The highest BCUT2D eigenvalue weighted by atomic mass is 127. The molecule has 0 spiro atoms. The summed E-state index contributed by atoms with van der Waals surface area (Å²) in [6.45, 7) is 10.6. The summed E-state index contributed by atoms with van der Waals surface area (Å²) < 4.78 is 11.0. The maximum absolute atomic E-state index is 12.1. The Bertz CT molecular complexity index is 881.